The highest BCUT2D eigenvalue weighted by atomic mass is 127. The first-order chi connectivity index (χ1) is 11.4. The van der Waals surface area contributed by atoms with Crippen molar-refractivity contribution in [3.63, 3.8) is 0 Å². The van der Waals surface area contributed by atoms with Crippen molar-refractivity contribution in [2.24, 2.45) is 0 Å². The van der Waals surface area contributed by atoms with Gasteiger partial charge in [0.1, 0.15) is 4.83 Å². The normalized spacial score (nSPS) is 12.3. The zero-order chi connectivity index (χ0) is 17.4. The number of aromatic nitrogens is 2. The molecule has 1 aromatic carbocycles. The number of carbonyl (C=O) groups is 1. The number of H-pyrrole nitrogens is 1. The molecular weight excluding hydrogens is 439 g/mol. The van der Waals surface area contributed by atoms with Gasteiger partial charge in [-0.05, 0) is 67.1 Å². The topological polar surface area (TPSA) is 72.0 Å². The predicted octanol–water partition coefficient (Wildman–Crippen LogP) is 4.12. The fourth-order valence-electron chi connectivity index (χ4n) is 2.36. The molecule has 0 radical (unpaired) electrons. The van der Waals surface area contributed by atoms with Crippen molar-refractivity contribution in [3.05, 3.63) is 60.0 Å². The Morgan fingerprint density at radius 2 is 2.12 bits per heavy atom. The SMILES string of the molecule is Cc1sc2nc(C(C)OC(=O)c3cccc(I)c3)[nH]c(=O)c2c1C. The van der Waals surface area contributed by atoms with Crippen LogP contribution in [0.3, 0.4) is 0 Å². The van der Waals surface area contributed by atoms with Gasteiger partial charge >= 0.3 is 5.97 Å². The monoisotopic (exact) mass is 454 g/mol. The molecule has 0 spiro atoms. The van der Waals surface area contributed by atoms with Crippen molar-refractivity contribution in [1.82, 2.24) is 9.97 Å². The number of hydrogen-bond donors (Lipinski definition) is 1. The van der Waals surface area contributed by atoms with Crippen LogP contribution in [0.2, 0.25) is 0 Å². The van der Waals surface area contributed by atoms with Crippen LogP contribution in [0, 0.1) is 17.4 Å². The molecule has 0 aliphatic heterocycles. The lowest BCUT2D eigenvalue weighted by molar-refractivity contribution is 0.0320. The second-order valence-electron chi connectivity index (χ2n) is 5.47. The molecule has 0 fully saturated rings. The van der Waals surface area contributed by atoms with Gasteiger partial charge in [-0.15, -0.1) is 11.3 Å². The van der Waals surface area contributed by atoms with Crippen LogP contribution >= 0.6 is 33.9 Å². The Morgan fingerprint density at radius 3 is 2.83 bits per heavy atom. The number of nitrogens with zero attached hydrogens (tertiary/aromatic N) is 1. The third-order valence-electron chi connectivity index (χ3n) is 3.79. The summed E-state index contributed by atoms with van der Waals surface area (Å²) < 4.78 is 6.40. The minimum Gasteiger partial charge on any atom is -0.451 e. The lowest BCUT2D eigenvalue weighted by Gasteiger charge is -2.12. The van der Waals surface area contributed by atoms with E-state index in [9.17, 15) is 9.59 Å². The molecule has 2 aromatic heterocycles. The van der Waals surface area contributed by atoms with Gasteiger partial charge in [0, 0.05) is 8.45 Å². The number of nitrogens with one attached hydrogen (secondary N) is 1. The van der Waals surface area contributed by atoms with Gasteiger partial charge in [-0.3, -0.25) is 4.79 Å². The Bertz CT molecular complexity index is 993. The zero-order valence-electron chi connectivity index (χ0n) is 13.3. The molecule has 1 unspecified atom stereocenters. The molecule has 1 N–H and O–H groups in total. The number of fused-ring (bicyclic) bond motifs is 1. The maximum atomic E-state index is 12.3. The molecule has 1 atom stereocenters. The second kappa shape index (κ2) is 6.64. The third-order valence-corrected chi connectivity index (χ3v) is 5.56. The molecule has 3 aromatic rings. The molecule has 2 heterocycles. The van der Waals surface area contributed by atoms with Gasteiger partial charge in [-0.1, -0.05) is 6.07 Å². The van der Waals surface area contributed by atoms with Crippen LogP contribution in [-0.2, 0) is 4.74 Å². The van der Waals surface area contributed by atoms with Crippen molar-refractivity contribution in [2.75, 3.05) is 0 Å². The first-order valence-electron chi connectivity index (χ1n) is 7.33. The van der Waals surface area contributed by atoms with Crippen LogP contribution in [0.5, 0.6) is 0 Å². The summed E-state index contributed by atoms with van der Waals surface area (Å²) in [6, 6.07) is 7.14. The number of aryl methyl sites for hydroxylation is 2. The third kappa shape index (κ3) is 3.23. The van der Waals surface area contributed by atoms with E-state index in [0.717, 1.165) is 14.0 Å². The number of benzene rings is 1. The van der Waals surface area contributed by atoms with Crippen molar-refractivity contribution in [1.29, 1.82) is 0 Å². The maximum Gasteiger partial charge on any atom is 0.338 e. The molecule has 7 heteroatoms. The van der Waals surface area contributed by atoms with Gasteiger partial charge in [0.25, 0.3) is 5.56 Å². The summed E-state index contributed by atoms with van der Waals surface area (Å²) in [5, 5.41) is 0.609. The average Bonchev–Trinajstić information content (AvgIpc) is 2.82. The number of halogens is 1. The number of aromatic amines is 1. The molecule has 3 rings (SSSR count). The van der Waals surface area contributed by atoms with Crippen LogP contribution in [0.1, 0.15) is 39.7 Å². The van der Waals surface area contributed by atoms with Crippen LogP contribution < -0.4 is 5.56 Å². The lowest BCUT2D eigenvalue weighted by Crippen LogP contribution is -2.17. The number of rotatable bonds is 3. The van der Waals surface area contributed by atoms with Crippen molar-refractivity contribution in [2.45, 2.75) is 26.9 Å². The van der Waals surface area contributed by atoms with Gasteiger partial charge in [-0.2, -0.15) is 0 Å². The number of esters is 1. The van der Waals surface area contributed by atoms with Gasteiger partial charge < -0.3 is 9.72 Å². The van der Waals surface area contributed by atoms with Gasteiger partial charge in [0.15, 0.2) is 11.9 Å². The largest absolute Gasteiger partial charge is 0.451 e. The Morgan fingerprint density at radius 1 is 1.38 bits per heavy atom. The Hall–Kier alpha value is -1.74. The first kappa shape index (κ1) is 17.1. The quantitative estimate of drug-likeness (QED) is 0.478. The molecule has 0 aliphatic carbocycles. The van der Waals surface area contributed by atoms with Crippen molar-refractivity contribution < 1.29 is 9.53 Å². The van der Waals surface area contributed by atoms with E-state index in [1.54, 1.807) is 25.1 Å². The van der Waals surface area contributed by atoms with Crippen LogP contribution in [0.25, 0.3) is 10.2 Å². The van der Waals surface area contributed by atoms with Crippen LogP contribution in [-0.4, -0.2) is 15.9 Å². The van der Waals surface area contributed by atoms with Gasteiger partial charge in [0.05, 0.1) is 10.9 Å². The highest BCUT2D eigenvalue weighted by Gasteiger charge is 2.19. The van der Waals surface area contributed by atoms with E-state index in [1.807, 2.05) is 19.9 Å². The summed E-state index contributed by atoms with van der Waals surface area (Å²) >= 11 is 3.61. The van der Waals surface area contributed by atoms with Crippen molar-refractivity contribution in [3.8, 4) is 0 Å². The first-order valence-corrected chi connectivity index (χ1v) is 9.23. The Balaban J connectivity index is 1.90. The van der Waals surface area contributed by atoms with E-state index >= 15 is 0 Å². The Kier molecular flexibility index (Phi) is 4.73. The van der Waals surface area contributed by atoms with Crippen LogP contribution in [0.4, 0.5) is 0 Å². The van der Waals surface area contributed by atoms with E-state index in [-0.39, 0.29) is 5.56 Å². The minimum absolute atomic E-state index is 0.200. The average molecular weight is 454 g/mol. The lowest BCUT2D eigenvalue weighted by atomic mass is 10.2. The number of hydrogen-bond acceptors (Lipinski definition) is 5. The van der Waals surface area contributed by atoms with Crippen LogP contribution in [0.15, 0.2) is 29.1 Å². The highest BCUT2D eigenvalue weighted by molar-refractivity contribution is 14.1. The van der Waals surface area contributed by atoms with E-state index in [0.29, 0.717) is 21.6 Å². The van der Waals surface area contributed by atoms with Gasteiger partial charge in [0.2, 0.25) is 0 Å². The molecule has 0 bridgehead atoms. The molecule has 5 nitrogen and oxygen atoms in total. The number of thiophene rings is 1. The smallest absolute Gasteiger partial charge is 0.338 e. The summed E-state index contributed by atoms with van der Waals surface area (Å²) in [7, 11) is 0. The molecule has 0 saturated heterocycles. The fourth-order valence-corrected chi connectivity index (χ4v) is 3.94. The molecule has 24 heavy (non-hydrogen) atoms. The fraction of sp³-hybridized carbons (Fsp3) is 0.235. The predicted molar refractivity (Wildman–Crippen MR) is 103 cm³/mol. The maximum absolute atomic E-state index is 12.3. The molecule has 0 amide bonds. The van der Waals surface area contributed by atoms with Gasteiger partial charge in [-0.25, -0.2) is 9.78 Å². The standard InChI is InChI=1S/C17H15IN2O3S/c1-8-10(3)24-16-13(8)15(21)19-14(20-16)9(2)23-17(22)11-5-4-6-12(18)7-11/h4-7,9H,1-3H3,(H,19,20,21). The van der Waals surface area contributed by atoms with E-state index in [1.165, 1.54) is 11.3 Å². The minimum atomic E-state index is -0.643. The summed E-state index contributed by atoms with van der Waals surface area (Å²) in [5.74, 6) is -0.0879. The molecule has 0 saturated carbocycles. The summed E-state index contributed by atoms with van der Waals surface area (Å²) in [6.45, 7) is 5.57. The molecular formula is C17H15IN2O3S. The summed E-state index contributed by atoms with van der Waals surface area (Å²) in [6.07, 6.45) is -0.643. The number of carbonyl (C=O) groups excluding carboxylic acids is 1. The number of ether oxygens (including phenoxy) is 1. The van der Waals surface area contributed by atoms with Crippen molar-refractivity contribution >= 4 is 50.1 Å². The summed E-state index contributed by atoms with van der Waals surface area (Å²) in [4.78, 5) is 33.5. The van der Waals surface area contributed by atoms with E-state index < -0.39 is 12.1 Å². The highest BCUT2D eigenvalue weighted by Crippen LogP contribution is 2.27. The Labute approximate surface area is 156 Å². The van der Waals surface area contributed by atoms with E-state index in [2.05, 4.69) is 32.6 Å². The van der Waals surface area contributed by atoms with E-state index in [4.69, 9.17) is 4.74 Å². The second-order valence-corrected chi connectivity index (χ2v) is 7.92. The summed E-state index contributed by atoms with van der Waals surface area (Å²) in [5.41, 5.74) is 1.22. The zero-order valence-corrected chi connectivity index (χ0v) is 16.3. The molecule has 0 aliphatic rings. The molecule has 124 valence electrons.